The molecule has 0 aliphatic carbocycles. The predicted octanol–water partition coefficient (Wildman–Crippen LogP) is 1.82. The lowest BCUT2D eigenvalue weighted by Crippen LogP contribution is -2.47. The molecule has 2 N–H and O–H groups in total. The Morgan fingerprint density at radius 1 is 1.45 bits per heavy atom. The third kappa shape index (κ3) is 3.87. The highest BCUT2D eigenvalue weighted by Gasteiger charge is 2.30. The summed E-state index contributed by atoms with van der Waals surface area (Å²) in [7, 11) is 0. The number of hydrogen-bond acceptors (Lipinski definition) is 4. The van der Waals surface area contributed by atoms with Gasteiger partial charge in [-0.25, -0.2) is 0 Å². The van der Waals surface area contributed by atoms with Crippen molar-refractivity contribution in [2.45, 2.75) is 58.1 Å². The maximum absolute atomic E-state index is 12.5. The van der Waals surface area contributed by atoms with E-state index in [2.05, 4.69) is 24.3 Å². The van der Waals surface area contributed by atoms with E-state index >= 15 is 0 Å². The molecule has 0 aromatic carbocycles. The van der Waals surface area contributed by atoms with Crippen LogP contribution in [0.5, 0.6) is 0 Å². The fourth-order valence-corrected chi connectivity index (χ4v) is 2.86. The van der Waals surface area contributed by atoms with E-state index in [4.69, 9.17) is 4.74 Å². The number of aromatic nitrogens is 2. The van der Waals surface area contributed by atoms with Gasteiger partial charge in [-0.1, -0.05) is 13.8 Å². The molecule has 1 aromatic heterocycles. The molecule has 0 radical (unpaired) electrons. The first kappa shape index (κ1) is 17.0. The zero-order valence-corrected chi connectivity index (χ0v) is 13.8. The lowest BCUT2D eigenvalue weighted by molar-refractivity contribution is -0.0605. The first-order chi connectivity index (χ1) is 10.5. The Bertz CT molecular complexity index is 503. The van der Waals surface area contributed by atoms with Crippen molar-refractivity contribution in [1.82, 2.24) is 15.1 Å². The second kappa shape index (κ2) is 7.24. The van der Waals surface area contributed by atoms with Gasteiger partial charge in [0.1, 0.15) is 5.69 Å². The van der Waals surface area contributed by atoms with Crippen LogP contribution in [0.1, 0.15) is 61.8 Å². The van der Waals surface area contributed by atoms with Gasteiger partial charge in [0.15, 0.2) is 0 Å². The summed E-state index contributed by atoms with van der Waals surface area (Å²) in [5.74, 6) is -0.174. The molecule has 0 atom stereocenters. The summed E-state index contributed by atoms with van der Waals surface area (Å²) in [6.45, 7) is 7.41. The molecule has 0 saturated carbocycles. The summed E-state index contributed by atoms with van der Waals surface area (Å²) < 4.78 is 7.07. The highest BCUT2D eigenvalue weighted by atomic mass is 16.5. The lowest BCUT2D eigenvalue weighted by Gasteiger charge is -2.32. The molecule has 1 fully saturated rings. The predicted molar refractivity (Wildman–Crippen MR) is 83.9 cm³/mol. The molecule has 0 unspecified atom stereocenters. The Hall–Kier alpha value is -1.40. The molecular weight excluding hydrogens is 282 g/mol. The first-order valence-corrected chi connectivity index (χ1v) is 8.13. The van der Waals surface area contributed by atoms with Crippen molar-refractivity contribution < 1.29 is 14.6 Å². The van der Waals surface area contributed by atoms with Gasteiger partial charge in [0, 0.05) is 32.6 Å². The van der Waals surface area contributed by atoms with Gasteiger partial charge >= 0.3 is 0 Å². The van der Waals surface area contributed by atoms with Crippen molar-refractivity contribution in [3.05, 3.63) is 17.5 Å². The standard InChI is InChI=1S/C16H27N3O3/c1-4-13(5-2)19-14(10-12(3)18-19)15(20)17-11-16(21)6-8-22-9-7-16/h10,13,21H,4-9,11H2,1-3H3,(H,17,20). The van der Waals surface area contributed by atoms with Gasteiger partial charge in [-0.2, -0.15) is 5.10 Å². The molecule has 1 saturated heterocycles. The van der Waals surface area contributed by atoms with Crippen LogP contribution in [0.2, 0.25) is 0 Å². The Morgan fingerprint density at radius 3 is 2.68 bits per heavy atom. The van der Waals surface area contributed by atoms with Gasteiger partial charge in [0.2, 0.25) is 0 Å². The Balaban J connectivity index is 2.06. The van der Waals surface area contributed by atoms with Crippen LogP contribution in [0.15, 0.2) is 6.07 Å². The normalized spacial score (nSPS) is 17.7. The Kier molecular flexibility index (Phi) is 5.58. The van der Waals surface area contributed by atoms with Crippen molar-refractivity contribution in [2.24, 2.45) is 0 Å². The second-order valence-electron chi connectivity index (χ2n) is 6.11. The minimum absolute atomic E-state index is 0.174. The fourth-order valence-electron chi connectivity index (χ4n) is 2.86. The highest BCUT2D eigenvalue weighted by Crippen LogP contribution is 2.21. The van der Waals surface area contributed by atoms with Gasteiger partial charge < -0.3 is 15.2 Å². The average Bonchev–Trinajstić information content (AvgIpc) is 2.89. The van der Waals surface area contributed by atoms with Gasteiger partial charge in [-0.05, 0) is 25.8 Å². The van der Waals surface area contributed by atoms with E-state index in [1.165, 1.54) is 0 Å². The first-order valence-electron chi connectivity index (χ1n) is 8.13. The zero-order valence-electron chi connectivity index (χ0n) is 13.8. The molecule has 22 heavy (non-hydrogen) atoms. The van der Waals surface area contributed by atoms with E-state index in [0.29, 0.717) is 31.7 Å². The third-order valence-corrected chi connectivity index (χ3v) is 4.38. The summed E-state index contributed by atoms with van der Waals surface area (Å²) in [5, 5.41) is 17.7. The number of amides is 1. The summed E-state index contributed by atoms with van der Waals surface area (Å²) in [5.41, 5.74) is 0.548. The van der Waals surface area contributed by atoms with Crippen molar-refractivity contribution in [3.8, 4) is 0 Å². The SMILES string of the molecule is CCC(CC)n1nc(C)cc1C(=O)NCC1(O)CCOCC1. The number of nitrogens with one attached hydrogen (secondary N) is 1. The van der Waals surface area contributed by atoms with Gasteiger partial charge in [0.25, 0.3) is 5.91 Å². The Morgan fingerprint density at radius 2 is 2.09 bits per heavy atom. The van der Waals surface area contributed by atoms with Crippen LogP contribution >= 0.6 is 0 Å². The van der Waals surface area contributed by atoms with Crippen molar-refractivity contribution in [1.29, 1.82) is 0 Å². The molecule has 1 aliphatic rings. The summed E-state index contributed by atoms with van der Waals surface area (Å²) in [6, 6.07) is 2.03. The van der Waals surface area contributed by atoms with Crippen LogP contribution in [-0.2, 0) is 4.74 Å². The minimum Gasteiger partial charge on any atom is -0.388 e. The number of aliphatic hydroxyl groups is 1. The van der Waals surface area contributed by atoms with E-state index in [1.54, 1.807) is 0 Å². The van der Waals surface area contributed by atoms with E-state index in [-0.39, 0.29) is 18.5 Å². The number of hydrogen-bond donors (Lipinski definition) is 2. The van der Waals surface area contributed by atoms with E-state index in [1.807, 2.05) is 17.7 Å². The molecule has 0 bridgehead atoms. The lowest BCUT2D eigenvalue weighted by atomic mass is 9.94. The molecule has 6 nitrogen and oxygen atoms in total. The quantitative estimate of drug-likeness (QED) is 0.840. The maximum Gasteiger partial charge on any atom is 0.269 e. The van der Waals surface area contributed by atoms with Crippen LogP contribution in [0.25, 0.3) is 0 Å². The smallest absolute Gasteiger partial charge is 0.269 e. The van der Waals surface area contributed by atoms with Crippen molar-refractivity contribution in [2.75, 3.05) is 19.8 Å². The molecule has 1 aliphatic heterocycles. The monoisotopic (exact) mass is 309 g/mol. The summed E-state index contributed by atoms with van der Waals surface area (Å²) in [6.07, 6.45) is 2.97. The van der Waals surface area contributed by atoms with Crippen molar-refractivity contribution in [3.63, 3.8) is 0 Å². The number of aryl methyl sites for hydroxylation is 1. The van der Waals surface area contributed by atoms with Gasteiger partial charge in [0.05, 0.1) is 17.3 Å². The van der Waals surface area contributed by atoms with E-state index in [0.717, 1.165) is 18.5 Å². The Labute approximate surface area is 131 Å². The van der Waals surface area contributed by atoms with Crippen molar-refractivity contribution >= 4 is 5.91 Å². The number of rotatable bonds is 6. The molecular formula is C16H27N3O3. The number of carbonyl (C=O) groups excluding carboxylic acids is 1. The maximum atomic E-state index is 12.5. The molecule has 1 aromatic rings. The summed E-state index contributed by atoms with van der Waals surface area (Å²) >= 11 is 0. The number of nitrogens with zero attached hydrogens (tertiary/aromatic N) is 2. The van der Waals surface area contributed by atoms with Crippen LogP contribution in [-0.4, -0.2) is 46.2 Å². The number of ether oxygens (including phenoxy) is 1. The van der Waals surface area contributed by atoms with Crippen LogP contribution < -0.4 is 5.32 Å². The van der Waals surface area contributed by atoms with E-state index in [9.17, 15) is 9.90 Å². The number of carbonyl (C=O) groups is 1. The zero-order chi connectivity index (χ0) is 16.2. The highest BCUT2D eigenvalue weighted by molar-refractivity contribution is 5.92. The largest absolute Gasteiger partial charge is 0.388 e. The molecule has 2 heterocycles. The van der Waals surface area contributed by atoms with Crippen LogP contribution in [0.4, 0.5) is 0 Å². The molecule has 0 spiro atoms. The van der Waals surface area contributed by atoms with Gasteiger partial charge in [-0.3, -0.25) is 9.48 Å². The van der Waals surface area contributed by atoms with Crippen LogP contribution in [0.3, 0.4) is 0 Å². The van der Waals surface area contributed by atoms with Gasteiger partial charge in [-0.15, -0.1) is 0 Å². The van der Waals surface area contributed by atoms with Crippen LogP contribution in [0, 0.1) is 6.92 Å². The average molecular weight is 309 g/mol. The molecule has 6 heteroatoms. The third-order valence-electron chi connectivity index (χ3n) is 4.38. The topological polar surface area (TPSA) is 76.4 Å². The summed E-state index contributed by atoms with van der Waals surface area (Å²) in [4.78, 5) is 12.5. The molecule has 2 rings (SSSR count). The molecule has 124 valence electrons. The fraction of sp³-hybridized carbons (Fsp3) is 0.750. The molecule has 1 amide bonds. The van der Waals surface area contributed by atoms with E-state index < -0.39 is 5.60 Å². The second-order valence-corrected chi connectivity index (χ2v) is 6.11. The minimum atomic E-state index is -0.858.